The summed E-state index contributed by atoms with van der Waals surface area (Å²) in [5.74, 6) is 2.34. The highest BCUT2D eigenvalue weighted by Gasteiger charge is 2.32. The zero-order chi connectivity index (χ0) is 43.5. The second kappa shape index (κ2) is 18.0. The van der Waals surface area contributed by atoms with Crippen molar-refractivity contribution < 1.29 is 23.9 Å². The Morgan fingerprint density at radius 2 is 1.00 bits per heavy atom. The van der Waals surface area contributed by atoms with Gasteiger partial charge in [-0.2, -0.15) is 0 Å². The van der Waals surface area contributed by atoms with Crippen molar-refractivity contribution in [3.05, 3.63) is 141 Å². The fraction of sp³-hybridized carbons (Fsp3) is 0.250. The van der Waals surface area contributed by atoms with Gasteiger partial charge in [0.2, 0.25) is 17.7 Å². The summed E-state index contributed by atoms with van der Waals surface area (Å²) < 4.78 is 14.9. The van der Waals surface area contributed by atoms with Crippen LogP contribution in [0.5, 0.6) is 11.5 Å². The van der Waals surface area contributed by atoms with Gasteiger partial charge in [-0.1, -0.05) is 47.5 Å². The van der Waals surface area contributed by atoms with E-state index in [9.17, 15) is 14.4 Å². The molecular weight excluding hydrogens is 833 g/mol. The lowest BCUT2D eigenvalue weighted by Crippen LogP contribution is -2.40. The maximum Gasteiger partial charge on any atom is 0.239 e. The molecule has 3 amide bonds. The molecule has 8 rings (SSSR count). The topological polar surface area (TPSA) is 192 Å². The van der Waals surface area contributed by atoms with Crippen molar-refractivity contribution in [2.75, 3.05) is 33.9 Å². The lowest BCUT2D eigenvalue weighted by atomic mass is 10.00. The second-order valence-electron chi connectivity index (χ2n) is 14.5. The molecule has 0 spiro atoms. The summed E-state index contributed by atoms with van der Waals surface area (Å²) in [7, 11) is 3.19. The summed E-state index contributed by atoms with van der Waals surface area (Å²) in [4.78, 5) is 49.9. The maximum atomic E-state index is 13.4. The van der Waals surface area contributed by atoms with Crippen LogP contribution in [0.4, 0.5) is 0 Å². The Kier molecular flexibility index (Phi) is 12.1. The van der Waals surface area contributed by atoms with Crippen LogP contribution >= 0.6 is 23.2 Å². The number of aryl methyl sites for hydroxylation is 2. The van der Waals surface area contributed by atoms with Crippen LogP contribution in [0, 0.1) is 13.8 Å². The highest BCUT2D eigenvalue weighted by Crippen LogP contribution is 2.36. The number of carbonyl (C=O) groups is 3. The first-order chi connectivity index (χ1) is 30.0. The van der Waals surface area contributed by atoms with Crippen molar-refractivity contribution >= 4 is 52.3 Å². The zero-order valence-electron chi connectivity index (χ0n) is 34.1. The van der Waals surface area contributed by atoms with Crippen LogP contribution in [-0.4, -0.2) is 92.5 Å². The number of halogens is 2. The summed E-state index contributed by atoms with van der Waals surface area (Å²) >= 11 is 12.4. The van der Waals surface area contributed by atoms with Crippen molar-refractivity contribution in [2.45, 2.75) is 38.8 Å². The Morgan fingerprint density at radius 1 is 0.581 bits per heavy atom. The van der Waals surface area contributed by atoms with E-state index in [1.54, 1.807) is 38.5 Å². The number of amides is 3. The van der Waals surface area contributed by atoms with Crippen LogP contribution in [0.1, 0.15) is 70.5 Å². The molecule has 2 aliphatic heterocycles. The van der Waals surface area contributed by atoms with Gasteiger partial charge in [0.15, 0.2) is 11.6 Å². The minimum absolute atomic E-state index is 0.0420. The van der Waals surface area contributed by atoms with Gasteiger partial charge < -0.3 is 25.4 Å². The number of ether oxygens (including phenoxy) is 2. The first-order valence-corrected chi connectivity index (χ1v) is 20.5. The zero-order valence-corrected chi connectivity index (χ0v) is 35.7. The number of hydrogen-bond donors (Lipinski definition) is 3. The Morgan fingerprint density at radius 3 is 1.44 bits per heavy atom. The van der Waals surface area contributed by atoms with Crippen LogP contribution in [0.15, 0.2) is 94.9 Å². The molecule has 4 aromatic carbocycles. The Hall–Kier alpha value is -6.91. The molecule has 0 saturated heterocycles. The van der Waals surface area contributed by atoms with Gasteiger partial charge in [-0.25, -0.2) is 0 Å². The Balaban J connectivity index is 0.901. The number of benzene rings is 4. The molecule has 16 nitrogen and oxygen atoms in total. The monoisotopic (exact) mass is 873 g/mol. The van der Waals surface area contributed by atoms with E-state index in [1.165, 1.54) is 0 Å². The predicted octanol–water partition coefficient (Wildman–Crippen LogP) is 5.40. The first kappa shape index (κ1) is 41.8. The van der Waals surface area contributed by atoms with E-state index in [4.69, 9.17) is 42.7 Å². The Bertz CT molecular complexity index is 2750. The third kappa shape index (κ3) is 8.64. The quantitative estimate of drug-likeness (QED) is 0.128. The fourth-order valence-electron chi connectivity index (χ4n) is 7.49. The van der Waals surface area contributed by atoms with Crippen LogP contribution < -0.4 is 25.4 Å². The van der Waals surface area contributed by atoms with Gasteiger partial charge in [0.25, 0.3) is 0 Å². The molecule has 0 aliphatic carbocycles. The molecular formula is C44H41Cl2N11O5. The van der Waals surface area contributed by atoms with E-state index in [0.717, 1.165) is 33.6 Å². The van der Waals surface area contributed by atoms with E-state index in [2.05, 4.69) is 36.3 Å². The first-order valence-electron chi connectivity index (χ1n) is 19.7. The molecule has 0 unspecified atom stereocenters. The minimum Gasteiger partial charge on any atom is -0.497 e. The van der Waals surface area contributed by atoms with E-state index in [1.807, 2.05) is 83.6 Å². The highest BCUT2D eigenvalue weighted by molar-refractivity contribution is 6.31. The molecule has 62 heavy (non-hydrogen) atoms. The smallest absolute Gasteiger partial charge is 0.239 e. The number of aliphatic imine (C=N–C) groups is 2. The molecule has 0 radical (unpaired) electrons. The lowest BCUT2D eigenvalue weighted by molar-refractivity contribution is -0.126. The van der Waals surface area contributed by atoms with Gasteiger partial charge in [0.05, 0.1) is 56.4 Å². The van der Waals surface area contributed by atoms with Gasteiger partial charge in [-0.15, -0.1) is 20.4 Å². The number of nitrogens with zero attached hydrogens (tertiary/aromatic N) is 8. The SMILES string of the molecule is COc1ccc2c(c1)C(c1ccc(Cl)cc1)=N[C@@H](CC(=O)NCCNC(=O)CNC(=O)C[C@@H]1N=C(c3ccc(Cl)cc3)c3cc(OC)ccc3-n3c(C)nnc31)c1nnc(C)n1-2. The van der Waals surface area contributed by atoms with E-state index in [-0.39, 0.29) is 38.4 Å². The number of nitrogens with one attached hydrogen (secondary N) is 3. The third-order valence-corrected chi connectivity index (χ3v) is 11.0. The summed E-state index contributed by atoms with van der Waals surface area (Å²) in [6.07, 6.45) is -0.154. The molecule has 316 valence electrons. The van der Waals surface area contributed by atoms with Crippen molar-refractivity contribution in [1.29, 1.82) is 0 Å². The minimum atomic E-state index is -0.742. The number of fused-ring (bicyclic) bond motifs is 6. The van der Waals surface area contributed by atoms with E-state index < -0.39 is 23.9 Å². The molecule has 4 heterocycles. The predicted molar refractivity (Wildman–Crippen MR) is 233 cm³/mol. The summed E-state index contributed by atoms with van der Waals surface area (Å²) in [5, 5.41) is 26.9. The molecule has 2 atom stereocenters. The molecule has 18 heteroatoms. The average molecular weight is 875 g/mol. The standard InChI is InChI=1S/C44H41Cl2N11O5/c1-24-52-54-43-34(50-41(26-5-9-28(45)10-6-26)32-19-30(61-3)13-15-36(32)56(24)43)21-38(58)47-17-18-48-40(60)23-49-39(59)22-35-44-55-53-25(2)57(44)37-16-14-31(62-4)20-33(37)42(51-35)27-7-11-29(46)12-8-27/h5-16,19-20,34-35H,17-18,21-23H2,1-4H3,(H,47,58)(H,48,60)(H,49,59)/t34-,35-/m0/s1. The van der Waals surface area contributed by atoms with Gasteiger partial charge in [0.1, 0.15) is 35.2 Å². The van der Waals surface area contributed by atoms with Crippen LogP contribution in [0.3, 0.4) is 0 Å². The van der Waals surface area contributed by atoms with E-state index in [0.29, 0.717) is 56.3 Å². The van der Waals surface area contributed by atoms with Gasteiger partial charge in [-0.3, -0.25) is 33.5 Å². The summed E-state index contributed by atoms with van der Waals surface area (Å²) in [5.41, 5.74) is 5.96. The van der Waals surface area contributed by atoms with Crippen LogP contribution in [0.25, 0.3) is 11.4 Å². The second-order valence-corrected chi connectivity index (χ2v) is 15.4. The number of aromatic nitrogens is 6. The molecule has 2 aromatic heterocycles. The largest absolute Gasteiger partial charge is 0.497 e. The molecule has 2 aliphatic rings. The lowest BCUT2D eigenvalue weighted by Gasteiger charge is -2.14. The van der Waals surface area contributed by atoms with Gasteiger partial charge >= 0.3 is 0 Å². The third-order valence-electron chi connectivity index (χ3n) is 10.5. The van der Waals surface area contributed by atoms with E-state index >= 15 is 0 Å². The molecule has 0 fully saturated rings. The normalized spacial score (nSPS) is 15.0. The summed E-state index contributed by atoms with van der Waals surface area (Å²) in [6, 6.07) is 24.5. The van der Waals surface area contributed by atoms with Crippen molar-refractivity contribution in [3.63, 3.8) is 0 Å². The number of rotatable bonds is 13. The molecule has 3 N–H and O–H groups in total. The van der Waals surface area contributed by atoms with Crippen LogP contribution in [-0.2, 0) is 14.4 Å². The van der Waals surface area contributed by atoms with Crippen LogP contribution in [0.2, 0.25) is 10.0 Å². The average Bonchev–Trinajstić information content (AvgIpc) is 3.78. The molecule has 0 saturated carbocycles. The number of hydrogen-bond acceptors (Lipinski definition) is 11. The molecule has 0 bridgehead atoms. The van der Waals surface area contributed by atoms with Crippen molar-refractivity contribution in [1.82, 2.24) is 45.5 Å². The fourth-order valence-corrected chi connectivity index (χ4v) is 7.75. The van der Waals surface area contributed by atoms with Crippen molar-refractivity contribution in [3.8, 4) is 22.9 Å². The van der Waals surface area contributed by atoms with Gasteiger partial charge in [-0.05, 0) is 74.5 Å². The number of methoxy groups -OCH3 is 2. The Labute approximate surface area is 366 Å². The maximum absolute atomic E-state index is 13.4. The number of carbonyl (C=O) groups excluding carboxylic acids is 3. The molecule has 6 aromatic rings. The summed E-state index contributed by atoms with van der Waals surface area (Å²) in [6.45, 7) is 3.63. The van der Waals surface area contributed by atoms with Crippen molar-refractivity contribution in [2.24, 2.45) is 9.98 Å². The highest BCUT2D eigenvalue weighted by atomic mass is 35.5. The van der Waals surface area contributed by atoms with Gasteiger partial charge in [0, 0.05) is 45.4 Å².